The number of nitrogens with one attached hydrogen (secondary N) is 1. The van der Waals surface area contributed by atoms with E-state index >= 15 is 0 Å². The van der Waals surface area contributed by atoms with Crippen LogP contribution in [0.25, 0.3) is 21.5 Å². The molecule has 0 aliphatic rings. The fourth-order valence-corrected chi connectivity index (χ4v) is 10.8. The first-order chi connectivity index (χ1) is 33.8. The Balaban J connectivity index is 1.16. The second kappa shape index (κ2) is 21.2. The number of rotatable bonds is 20. The van der Waals surface area contributed by atoms with Crippen LogP contribution in [0.3, 0.4) is 0 Å². The van der Waals surface area contributed by atoms with E-state index in [-0.39, 0.29) is 102 Å². The summed E-state index contributed by atoms with van der Waals surface area (Å²) in [5.41, 5.74) is 1.04. The molecule has 0 spiro atoms. The van der Waals surface area contributed by atoms with Gasteiger partial charge in [-0.15, -0.1) is 0 Å². The molecule has 7 aromatic rings. The van der Waals surface area contributed by atoms with Gasteiger partial charge in [0.25, 0.3) is 40.5 Å². The molecule has 0 radical (unpaired) electrons. The Bertz CT molecular complexity index is 3550. The number of aromatic nitrogens is 3. The van der Waals surface area contributed by atoms with E-state index < -0.39 is 46.2 Å². The Morgan fingerprint density at radius 3 is 1.30 bits per heavy atom. The third-order valence-corrected chi connectivity index (χ3v) is 15.8. The highest BCUT2D eigenvalue weighted by atomic mass is 32.2. The summed E-state index contributed by atoms with van der Waals surface area (Å²) in [6.07, 6.45) is 0.123. The summed E-state index contributed by atoms with van der Waals surface area (Å²) in [7, 11) is -13.3. The topological polar surface area (TPSA) is 300 Å². The molecule has 7 rings (SSSR count). The second-order valence-corrected chi connectivity index (χ2v) is 21.5. The van der Waals surface area contributed by atoms with Gasteiger partial charge in [0.2, 0.25) is 0 Å². The molecule has 372 valence electrons. The molecular weight excluding hydrogens is 1010 g/mol. The van der Waals surface area contributed by atoms with Gasteiger partial charge in [0, 0.05) is 57.6 Å². The zero-order chi connectivity index (χ0) is 51.3. The van der Waals surface area contributed by atoms with Gasteiger partial charge in [0.1, 0.15) is 42.7 Å². The lowest BCUT2D eigenvalue weighted by Gasteiger charge is -2.12. The molecule has 0 aliphatic heterocycles. The predicted octanol–water partition coefficient (Wildman–Crippen LogP) is 7.62. The first-order valence-corrected chi connectivity index (χ1v) is 26.6. The van der Waals surface area contributed by atoms with Crippen molar-refractivity contribution >= 4 is 84.8 Å². The van der Waals surface area contributed by atoms with Crippen molar-refractivity contribution < 1.29 is 59.9 Å². The Morgan fingerprint density at radius 1 is 0.465 bits per heavy atom. The van der Waals surface area contributed by atoms with Crippen molar-refractivity contribution in [1.29, 1.82) is 0 Å². The van der Waals surface area contributed by atoms with Crippen LogP contribution in [-0.2, 0) is 70.0 Å². The smallest absolute Gasteiger partial charge is 0.348 e. The summed E-state index contributed by atoms with van der Waals surface area (Å²) in [6.45, 7) is 4.02. The van der Waals surface area contributed by atoms with Crippen LogP contribution in [0.5, 0.6) is 11.5 Å². The molecule has 6 aromatic carbocycles. The minimum absolute atomic E-state index is 0.0100. The van der Waals surface area contributed by atoms with E-state index in [2.05, 4.69) is 35.4 Å². The third kappa shape index (κ3) is 11.5. The minimum atomic E-state index is -4.35. The zero-order valence-electron chi connectivity index (χ0n) is 38.5. The van der Waals surface area contributed by atoms with Crippen LogP contribution in [0.4, 0.5) is 22.7 Å². The van der Waals surface area contributed by atoms with Crippen LogP contribution < -0.4 is 15.2 Å². The van der Waals surface area contributed by atoms with Crippen molar-refractivity contribution in [3.8, 4) is 11.5 Å². The Labute approximate surface area is 407 Å². The average molecular weight is 1050 g/mol. The van der Waals surface area contributed by atoms with E-state index in [1.807, 2.05) is 0 Å². The average Bonchev–Trinajstić information content (AvgIpc) is 3.35. The molecule has 0 saturated carbocycles. The van der Waals surface area contributed by atoms with E-state index in [0.717, 1.165) is 28.4 Å². The first kappa shape index (κ1) is 51.9. The molecule has 1 aromatic heterocycles. The summed E-state index contributed by atoms with van der Waals surface area (Å²) < 4.78 is 134. The standard InChI is InChI=1S/C45H43N7O15S4/c1-7-66-37-23-29(49-51-31-21-35-33(41(25-31)70(58,59)64-5)11-9-13-39(35)68(54,55)62-3)17-15-27(37)19-43-46-44(48-45(53)47-43)20-28-16-18-30(24-38(28)67-8-2)50-52-32-22-36-34(42(26-32)71(60,61)65-6)12-10-14-40(36)69(56,57)63-4/h9-18,21-26H,7-8,19-20H2,1-6H3,(H,46,47,48,53). The number of H-pyrrole nitrogens is 1. The van der Waals surface area contributed by atoms with Gasteiger partial charge < -0.3 is 9.47 Å². The largest absolute Gasteiger partial charge is 0.494 e. The number of hydrogen-bond acceptors (Lipinski definition) is 21. The fourth-order valence-electron chi connectivity index (χ4n) is 7.25. The summed E-state index contributed by atoms with van der Waals surface area (Å²) >= 11 is 0. The second-order valence-electron chi connectivity index (χ2n) is 14.8. The van der Waals surface area contributed by atoms with Gasteiger partial charge in [-0.2, -0.15) is 59.1 Å². The van der Waals surface area contributed by atoms with Crippen LogP contribution in [0, 0.1) is 0 Å². The molecule has 0 saturated heterocycles. The van der Waals surface area contributed by atoms with E-state index in [1.54, 1.807) is 50.2 Å². The molecule has 22 nitrogen and oxygen atoms in total. The van der Waals surface area contributed by atoms with Crippen LogP contribution >= 0.6 is 0 Å². The molecule has 0 amide bonds. The van der Waals surface area contributed by atoms with Crippen LogP contribution in [0.1, 0.15) is 36.6 Å². The third-order valence-electron chi connectivity index (χ3n) is 10.5. The van der Waals surface area contributed by atoms with Gasteiger partial charge in [-0.05, 0) is 62.4 Å². The zero-order valence-corrected chi connectivity index (χ0v) is 41.8. The summed E-state index contributed by atoms with van der Waals surface area (Å²) in [4.78, 5) is 23.0. The maximum atomic E-state index is 13.0. The number of hydrogen-bond donors (Lipinski definition) is 1. The number of fused-ring (bicyclic) bond motifs is 2. The summed E-state index contributed by atoms with van der Waals surface area (Å²) in [5.74, 6) is 1.12. The number of aromatic amines is 1. The van der Waals surface area contributed by atoms with Crippen molar-refractivity contribution in [2.75, 3.05) is 41.7 Å². The molecule has 26 heteroatoms. The van der Waals surface area contributed by atoms with E-state index in [4.69, 9.17) is 26.2 Å². The monoisotopic (exact) mass is 1050 g/mol. The summed E-state index contributed by atoms with van der Waals surface area (Å²) in [5, 5.41) is 17.1. The van der Waals surface area contributed by atoms with Crippen LogP contribution in [-0.4, -0.2) is 90.3 Å². The van der Waals surface area contributed by atoms with Gasteiger partial charge >= 0.3 is 5.69 Å². The maximum absolute atomic E-state index is 13.0. The molecule has 0 bridgehead atoms. The van der Waals surface area contributed by atoms with Crippen LogP contribution in [0.2, 0.25) is 0 Å². The highest BCUT2D eigenvalue weighted by Crippen LogP contribution is 2.38. The number of azo groups is 2. The highest BCUT2D eigenvalue weighted by Gasteiger charge is 2.26. The molecular formula is C45H43N7O15S4. The lowest BCUT2D eigenvalue weighted by Crippen LogP contribution is -2.19. The van der Waals surface area contributed by atoms with Gasteiger partial charge in [-0.25, -0.2) is 9.78 Å². The number of benzene rings is 6. The van der Waals surface area contributed by atoms with Crippen LogP contribution in [0.15, 0.2) is 142 Å². The van der Waals surface area contributed by atoms with E-state index in [1.165, 1.54) is 60.7 Å². The molecule has 0 unspecified atom stereocenters. The fraction of sp³-hybridized carbons (Fsp3) is 0.222. The van der Waals surface area contributed by atoms with Crippen molar-refractivity contribution in [3.63, 3.8) is 0 Å². The van der Waals surface area contributed by atoms with E-state index in [9.17, 15) is 38.5 Å². The van der Waals surface area contributed by atoms with E-state index in [0.29, 0.717) is 22.6 Å². The van der Waals surface area contributed by atoms with Gasteiger partial charge in [0.05, 0.1) is 64.4 Å². The molecule has 0 aliphatic carbocycles. The van der Waals surface area contributed by atoms with Crippen molar-refractivity contribution in [2.24, 2.45) is 20.5 Å². The summed E-state index contributed by atoms with van der Waals surface area (Å²) in [6, 6.07) is 23.0. The van der Waals surface area contributed by atoms with Crippen molar-refractivity contribution in [3.05, 3.63) is 130 Å². The molecule has 0 fully saturated rings. The predicted molar refractivity (Wildman–Crippen MR) is 257 cm³/mol. The van der Waals surface area contributed by atoms with Gasteiger partial charge in [-0.3, -0.25) is 21.7 Å². The normalized spacial score (nSPS) is 12.6. The maximum Gasteiger partial charge on any atom is 0.348 e. The SMILES string of the molecule is CCOc1cc(N=Nc2cc(S(=O)(=O)OC)c3cccc(S(=O)(=O)OC)c3c2)ccc1Cc1nc(Cc2ccc(N=Nc3cc(S(=O)(=O)OC)c4cccc(S(=O)(=O)OC)c4c3)cc2OCC)[nH]c(=O)n1. The lowest BCUT2D eigenvalue weighted by atomic mass is 10.1. The van der Waals surface area contributed by atoms with Gasteiger partial charge in [-0.1, -0.05) is 36.4 Å². The Morgan fingerprint density at radius 2 is 0.873 bits per heavy atom. The first-order valence-electron chi connectivity index (χ1n) is 20.9. The Kier molecular flexibility index (Phi) is 15.5. The lowest BCUT2D eigenvalue weighted by molar-refractivity contribution is 0.337. The molecule has 1 heterocycles. The quantitative estimate of drug-likeness (QED) is 0.0567. The van der Waals surface area contributed by atoms with Crippen molar-refractivity contribution in [2.45, 2.75) is 46.3 Å². The molecule has 1 N–H and O–H groups in total. The minimum Gasteiger partial charge on any atom is -0.494 e. The number of nitrogens with zero attached hydrogens (tertiary/aromatic N) is 6. The number of ether oxygens (including phenoxy) is 2. The van der Waals surface area contributed by atoms with Crippen molar-refractivity contribution in [1.82, 2.24) is 15.0 Å². The molecule has 71 heavy (non-hydrogen) atoms. The highest BCUT2D eigenvalue weighted by molar-refractivity contribution is 7.88. The Hall–Kier alpha value is -6.91. The van der Waals surface area contributed by atoms with Gasteiger partial charge in [0.15, 0.2) is 0 Å². The molecule has 0 atom stereocenters.